The van der Waals surface area contributed by atoms with Crippen LogP contribution >= 0.6 is 0 Å². The zero-order valence-electron chi connectivity index (χ0n) is 13.4. The molecule has 0 radical (unpaired) electrons. The Bertz CT molecular complexity index is 816. The molecule has 3 aromatic rings. The molecule has 1 heterocycles. The van der Waals surface area contributed by atoms with Gasteiger partial charge in [0.25, 0.3) is 0 Å². The molecule has 1 aromatic heterocycles. The third-order valence-corrected chi connectivity index (χ3v) is 3.52. The molecule has 0 spiro atoms. The number of aryl methyl sites for hydroxylation is 1. The Labute approximate surface area is 140 Å². The Balaban J connectivity index is 1.67. The second-order valence-electron chi connectivity index (χ2n) is 5.37. The summed E-state index contributed by atoms with van der Waals surface area (Å²) in [5.74, 6) is 0. The van der Waals surface area contributed by atoms with Gasteiger partial charge in [-0.25, -0.2) is 4.79 Å². The maximum Gasteiger partial charge on any atom is 0.319 e. The van der Waals surface area contributed by atoms with Crippen LogP contribution in [0.2, 0.25) is 0 Å². The number of amides is 2. The van der Waals surface area contributed by atoms with Gasteiger partial charge in [-0.2, -0.15) is 0 Å². The number of anilines is 1. The average molecular weight is 318 g/mol. The minimum Gasteiger partial charge on any atom is -0.332 e. The third-order valence-electron chi connectivity index (χ3n) is 3.52. The largest absolute Gasteiger partial charge is 0.332 e. The van der Waals surface area contributed by atoms with Crippen LogP contribution in [0.15, 0.2) is 67.0 Å². The van der Waals surface area contributed by atoms with Gasteiger partial charge in [0.15, 0.2) is 0 Å². The third kappa shape index (κ3) is 3.95. The molecule has 0 saturated carbocycles. The lowest BCUT2D eigenvalue weighted by molar-refractivity contribution is 0.251. The minimum atomic E-state index is -0.277. The monoisotopic (exact) mass is 318 g/mol. The van der Waals surface area contributed by atoms with Crippen LogP contribution < -0.4 is 10.6 Å². The first-order valence-electron chi connectivity index (χ1n) is 7.69. The van der Waals surface area contributed by atoms with E-state index in [1.54, 1.807) is 12.4 Å². The number of hydrogen-bond acceptors (Lipinski definition) is 3. The van der Waals surface area contributed by atoms with Crippen molar-refractivity contribution in [1.29, 1.82) is 0 Å². The van der Waals surface area contributed by atoms with E-state index in [4.69, 9.17) is 0 Å². The molecule has 3 rings (SSSR count). The average Bonchev–Trinajstić information content (AvgIpc) is 2.62. The lowest BCUT2D eigenvalue weighted by Crippen LogP contribution is -2.28. The van der Waals surface area contributed by atoms with Crippen LogP contribution in [-0.2, 0) is 6.54 Å². The molecule has 2 aromatic carbocycles. The SMILES string of the molecule is Cc1cnc(CNC(=O)Nc2ccccc2-c2ccccc2)cn1. The number of urea groups is 1. The molecule has 24 heavy (non-hydrogen) atoms. The zero-order valence-corrected chi connectivity index (χ0v) is 13.4. The standard InChI is InChI=1S/C19H18N4O/c1-14-11-21-16(12-20-14)13-22-19(24)23-18-10-6-5-9-17(18)15-7-3-2-4-8-15/h2-12H,13H2,1H3,(H2,22,23,24). The van der Waals surface area contributed by atoms with Crippen molar-refractivity contribution in [2.75, 3.05) is 5.32 Å². The van der Waals surface area contributed by atoms with Gasteiger partial charge in [-0.3, -0.25) is 9.97 Å². The molecule has 2 amide bonds. The van der Waals surface area contributed by atoms with Gasteiger partial charge in [0.05, 0.1) is 29.8 Å². The Morgan fingerprint density at radius 2 is 1.71 bits per heavy atom. The summed E-state index contributed by atoms with van der Waals surface area (Å²) in [7, 11) is 0. The van der Waals surface area contributed by atoms with Gasteiger partial charge in [-0.15, -0.1) is 0 Å². The number of carbonyl (C=O) groups excluding carboxylic acids is 1. The molecule has 5 nitrogen and oxygen atoms in total. The van der Waals surface area contributed by atoms with E-state index < -0.39 is 0 Å². The maximum absolute atomic E-state index is 12.2. The predicted octanol–water partition coefficient (Wildman–Crippen LogP) is 3.77. The smallest absolute Gasteiger partial charge is 0.319 e. The van der Waals surface area contributed by atoms with Gasteiger partial charge in [0, 0.05) is 11.8 Å². The maximum atomic E-state index is 12.2. The Morgan fingerprint density at radius 1 is 0.958 bits per heavy atom. The van der Waals surface area contributed by atoms with Crippen molar-refractivity contribution in [2.45, 2.75) is 13.5 Å². The normalized spacial score (nSPS) is 10.2. The number of nitrogens with zero attached hydrogens (tertiary/aromatic N) is 2. The molecule has 0 fully saturated rings. The number of para-hydroxylation sites is 1. The van der Waals surface area contributed by atoms with Gasteiger partial charge >= 0.3 is 6.03 Å². The van der Waals surface area contributed by atoms with Gasteiger partial charge in [-0.05, 0) is 18.6 Å². The van der Waals surface area contributed by atoms with Crippen LogP contribution in [0.3, 0.4) is 0 Å². The van der Waals surface area contributed by atoms with E-state index in [9.17, 15) is 4.79 Å². The number of hydrogen-bond donors (Lipinski definition) is 2. The van der Waals surface area contributed by atoms with Gasteiger partial charge in [0.2, 0.25) is 0 Å². The Morgan fingerprint density at radius 3 is 2.46 bits per heavy atom. The summed E-state index contributed by atoms with van der Waals surface area (Å²) in [6.45, 7) is 2.20. The molecule has 0 aliphatic carbocycles. The van der Waals surface area contributed by atoms with Crippen LogP contribution in [0, 0.1) is 6.92 Å². The first kappa shape index (κ1) is 15.7. The van der Waals surface area contributed by atoms with Gasteiger partial charge in [-0.1, -0.05) is 48.5 Å². The summed E-state index contributed by atoms with van der Waals surface area (Å²) in [5, 5.41) is 5.69. The molecule has 2 N–H and O–H groups in total. The van der Waals surface area contributed by atoms with Crippen molar-refractivity contribution in [1.82, 2.24) is 15.3 Å². The number of carbonyl (C=O) groups is 1. The van der Waals surface area contributed by atoms with E-state index in [0.717, 1.165) is 22.5 Å². The second kappa shape index (κ2) is 7.37. The van der Waals surface area contributed by atoms with Crippen molar-refractivity contribution in [2.24, 2.45) is 0 Å². The van der Waals surface area contributed by atoms with E-state index in [1.807, 2.05) is 61.5 Å². The van der Waals surface area contributed by atoms with Crippen LogP contribution in [-0.4, -0.2) is 16.0 Å². The van der Waals surface area contributed by atoms with E-state index in [-0.39, 0.29) is 6.03 Å². The van der Waals surface area contributed by atoms with E-state index >= 15 is 0 Å². The second-order valence-corrected chi connectivity index (χ2v) is 5.37. The quantitative estimate of drug-likeness (QED) is 0.769. The number of rotatable bonds is 4. The van der Waals surface area contributed by atoms with Crippen molar-refractivity contribution >= 4 is 11.7 Å². The highest BCUT2D eigenvalue weighted by atomic mass is 16.2. The fourth-order valence-electron chi connectivity index (χ4n) is 2.31. The molecule has 120 valence electrons. The number of nitrogens with one attached hydrogen (secondary N) is 2. The fraction of sp³-hybridized carbons (Fsp3) is 0.105. The Hall–Kier alpha value is -3.21. The molecular weight excluding hydrogens is 300 g/mol. The summed E-state index contributed by atoms with van der Waals surface area (Å²) in [6, 6.07) is 17.4. The fourth-order valence-corrected chi connectivity index (χ4v) is 2.31. The highest BCUT2D eigenvalue weighted by Crippen LogP contribution is 2.27. The molecule has 0 saturated heterocycles. The van der Waals surface area contributed by atoms with Crippen LogP contribution in [0.4, 0.5) is 10.5 Å². The first-order chi connectivity index (χ1) is 11.7. The van der Waals surface area contributed by atoms with Gasteiger partial charge < -0.3 is 10.6 Å². The van der Waals surface area contributed by atoms with E-state index in [0.29, 0.717) is 12.2 Å². The van der Waals surface area contributed by atoms with Crippen LogP contribution in [0.5, 0.6) is 0 Å². The topological polar surface area (TPSA) is 66.9 Å². The van der Waals surface area contributed by atoms with E-state index in [2.05, 4.69) is 20.6 Å². The van der Waals surface area contributed by atoms with Gasteiger partial charge in [0.1, 0.15) is 0 Å². The molecule has 0 unspecified atom stereocenters. The number of aromatic nitrogens is 2. The summed E-state index contributed by atoms with van der Waals surface area (Å²) in [4.78, 5) is 20.5. The van der Waals surface area contributed by atoms with E-state index in [1.165, 1.54) is 0 Å². The van der Waals surface area contributed by atoms with Crippen LogP contribution in [0.1, 0.15) is 11.4 Å². The molecule has 0 aliphatic rings. The molecule has 5 heteroatoms. The lowest BCUT2D eigenvalue weighted by atomic mass is 10.0. The lowest BCUT2D eigenvalue weighted by Gasteiger charge is -2.12. The predicted molar refractivity (Wildman–Crippen MR) is 94.5 cm³/mol. The van der Waals surface area contributed by atoms with Crippen LogP contribution in [0.25, 0.3) is 11.1 Å². The molecule has 0 aliphatic heterocycles. The number of benzene rings is 2. The van der Waals surface area contributed by atoms with Crippen molar-refractivity contribution in [3.8, 4) is 11.1 Å². The first-order valence-corrected chi connectivity index (χ1v) is 7.69. The van der Waals surface area contributed by atoms with Crippen molar-refractivity contribution < 1.29 is 4.79 Å². The summed E-state index contributed by atoms with van der Waals surface area (Å²) in [6.07, 6.45) is 3.34. The highest BCUT2D eigenvalue weighted by Gasteiger charge is 2.08. The minimum absolute atomic E-state index is 0.277. The highest BCUT2D eigenvalue weighted by molar-refractivity contribution is 5.94. The summed E-state index contributed by atoms with van der Waals surface area (Å²) in [5.41, 5.74) is 4.35. The molecule has 0 bridgehead atoms. The molecule has 0 atom stereocenters. The summed E-state index contributed by atoms with van der Waals surface area (Å²) < 4.78 is 0. The summed E-state index contributed by atoms with van der Waals surface area (Å²) >= 11 is 0. The molecular formula is C19H18N4O. The van der Waals surface area contributed by atoms with Crippen molar-refractivity contribution in [3.05, 3.63) is 78.4 Å². The Kier molecular flexibility index (Phi) is 4.81. The zero-order chi connectivity index (χ0) is 16.8. The van der Waals surface area contributed by atoms with Crippen molar-refractivity contribution in [3.63, 3.8) is 0 Å².